The van der Waals surface area contributed by atoms with Gasteiger partial charge < -0.3 is 14.9 Å². The van der Waals surface area contributed by atoms with Crippen molar-refractivity contribution in [3.8, 4) is 11.5 Å². The molecular weight excluding hydrogens is 368 g/mol. The molecule has 6 nitrogen and oxygen atoms in total. The van der Waals surface area contributed by atoms with E-state index in [1.807, 2.05) is 26.0 Å². The normalized spacial score (nSPS) is 10.5. The molecule has 1 aromatic carbocycles. The van der Waals surface area contributed by atoms with Crippen LogP contribution in [0.3, 0.4) is 0 Å². The van der Waals surface area contributed by atoms with Crippen molar-refractivity contribution in [2.75, 3.05) is 19.1 Å². The maximum absolute atomic E-state index is 5.59. The molecule has 0 atom stereocenters. The van der Waals surface area contributed by atoms with Gasteiger partial charge in [0.2, 0.25) is 4.77 Å². The summed E-state index contributed by atoms with van der Waals surface area (Å²) in [5.74, 6) is 2.27. The van der Waals surface area contributed by atoms with Gasteiger partial charge in [0.15, 0.2) is 17.3 Å². The minimum atomic E-state index is 0.550. The van der Waals surface area contributed by atoms with Crippen LogP contribution in [0.15, 0.2) is 16.6 Å². The van der Waals surface area contributed by atoms with Gasteiger partial charge >= 0.3 is 0 Å². The van der Waals surface area contributed by atoms with Crippen molar-refractivity contribution in [2.45, 2.75) is 26.8 Å². The first-order valence-corrected chi connectivity index (χ1v) is 8.20. The minimum Gasteiger partial charge on any atom is -0.493 e. The number of hydrogen-bond donors (Lipinski definition) is 2. The lowest BCUT2D eigenvalue weighted by molar-refractivity contribution is 0.308. The van der Waals surface area contributed by atoms with E-state index >= 15 is 0 Å². The van der Waals surface area contributed by atoms with E-state index in [2.05, 4.69) is 31.6 Å². The van der Waals surface area contributed by atoms with Crippen molar-refractivity contribution in [1.29, 1.82) is 0 Å². The van der Waals surface area contributed by atoms with Crippen molar-refractivity contribution in [1.82, 2.24) is 14.9 Å². The lowest BCUT2D eigenvalue weighted by Gasteiger charge is -2.14. The summed E-state index contributed by atoms with van der Waals surface area (Å²) >= 11 is 8.74. The SMILES string of the molecule is CCOc1c(Br)cc(CNn2c(CC)n[nH]c2=S)cc1OC. The molecule has 0 fully saturated rings. The summed E-state index contributed by atoms with van der Waals surface area (Å²) < 4.78 is 14.2. The van der Waals surface area contributed by atoms with E-state index in [-0.39, 0.29) is 0 Å². The van der Waals surface area contributed by atoms with E-state index in [0.29, 0.717) is 29.4 Å². The Hall–Kier alpha value is -1.54. The molecule has 0 amide bonds. The molecule has 0 unspecified atom stereocenters. The van der Waals surface area contributed by atoms with Gasteiger partial charge in [-0.2, -0.15) is 5.10 Å². The van der Waals surface area contributed by atoms with Gasteiger partial charge in [-0.1, -0.05) is 6.92 Å². The van der Waals surface area contributed by atoms with Gasteiger partial charge in [0.25, 0.3) is 0 Å². The van der Waals surface area contributed by atoms with E-state index in [9.17, 15) is 0 Å². The maximum atomic E-state index is 5.59. The van der Waals surface area contributed by atoms with E-state index < -0.39 is 0 Å². The number of nitrogens with one attached hydrogen (secondary N) is 2. The highest BCUT2D eigenvalue weighted by atomic mass is 79.9. The first-order valence-electron chi connectivity index (χ1n) is 7.00. The number of H-pyrrole nitrogens is 1. The van der Waals surface area contributed by atoms with Crippen LogP contribution < -0.4 is 14.9 Å². The van der Waals surface area contributed by atoms with Crippen molar-refractivity contribution < 1.29 is 9.47 Å². The number of halogens is 1. The number of benzene rings is 1. The summed E-state index contributed by atoms with van der Waals surface area (Å²) in [6, 6.07) is 3.94. The van der Waals surface area contributed by atoms with Crippen molar-refractivity contribution in [2.24, 2.45) is 0 Å². The van der Waals surface area contributed by atoms with Crippen LogP contribution in [0.25, 0.3) is 0 Å². The molecule has 0 saturated carbocycles. The summed E-state index contributed by atoms with van der Waals surface area (Å²) in [7, 11) is 1.63. The predicted octanol–water partition coefficient (Wildman–Crippen LogP) is 3.42. The molecule has 2 rings (SSSR count). The number of aryl methyl sites for hydroxylation is 1. The summed E-state index contributed by atoms with van der Waals surface area (Å²) in [6.07, 6.45) is 0.788. The molecule has 1 heterocycles. The second-order valence-electron chi connectivity index (χ2n) is 4.51. The molecule has 0 radical (unpaired) electrons. The monoisotopic (exact) mass is 386 g/mol. The zero-order valence-electron chi connectivity index (χ0n) is 12.8. The molecule has 0 saturated heterocycles. The first kappa shape index (κ1) is 16.8. The van der Waals surface area contributed by atoms with Crippen LogP contribution in [-0.2, 0) is 13.0 Å². The molecule has 0 bridgehead atoms. The van der Waals surface area contributed by atoms with Gasteiger partial charge in [0.1, 0.15) is 0 Å². The molecule has 8 heteroatoms. The van der Waals surface area contributed by atoms with E-state index in [1.54, 1.807) is 11.8 Å². The lowest BCUT2D eigenvalue weighted by atomic mass is 10.2. The van der Waals surface area contributed by atoms with Gasteiger partial charge in [-0.25, -0.2) is 4.68 Å². The lowest BCUT2D eigenvalue weighted by Crippen LogP contribution is -2.17. The number of hydrogen-bond acceptors (Lipinski definition) is 5. The third-order valence-electron chi connectivity index (χ3n) is 3.08. The molecule has 2 aromatic rings. The molecular formula is C14H19BrN4O2S. The quantitative estimate of drug-likeness (QED) is 0.713. The van der Waals surface area contributed by atoms with Crippen LogP contribution in [0.5, 0.6) is 11.5 Å². The maximum Gasteiger partial charge on any atom is 0.214 e. The van der Waals surface area contributed by atoms with Gasteiger partial charge in [-0.3, -0.25) is 5.10 Å². The third-order valence-corrected chi connectivity index (χ3v) is 3.94. The highest BCUT2D eigenvalue weighted by Crippen LogP contribution is 2.36. The smallest absolute Gasteiger partial charge is 0.214 e. The molecule has 2 N–H and O–H groups in total. The number of rotatable bonds is 7. The van der Waals surface area contributed by atoms with Crippen LogP contribution in [0.2, 0.25) is 0 Å². The molecule has 22 heavy (non-hydrogen) atoms. The summed E-state index contributed by atoms with van der Waals surface area (Å²) in [5, 5.41) is 6.95. The Morgan fingerprint density at radius 2 is 2.18 bits per heavy atom. The Kier molecular flexibility index (Phi) is 5.84. The van der Waals surface area contributed by atoms with Crippen molar-refractivity contribution in [3.05, 3.63) is 32.8 Å². The molecule has 0 aliphatic rings. The number of ether oxygens (including phenoxy) is 2. The highest BCUT2D eigenvalue weighted by molar-refractivity contribution is 9.10. The van der Waals surface area contributed by atoms with Crippen molar-refractivity contribution >= 4 is 28.1 Å². The third kappa shape index (κ3) is 3.61. The van der Waals surface area contributed by atoms with E-state index in [0.717, 1.165) is 22.3 Å². The molecule has 120 valence electrons. The average Bonchev–Trinajstić information content (AvgIpc) is 2.87. The first-order chi connectivity index (χ1) is 10.6. The summed E-state index contributed by atoms with van der Waals surface area (Å²) in [4.78, 5) is 0. The Labute approximate surface area is 142 Å². The average molecular weight is 387 g/mol. The van der Waals surface area contributed by atoms with Gasteiger partial charge in [-0.15, -0.1) is 0 Å². The fourth-order valence-electron chi connectivity index (χ4n) is 2.06. The van der Waals surface area contributed by atoms with E-state index in [1.165, 1.54) is 0 Å². The van der Waals surface area contributed by atoms with Crippen LogP contribution in [0, 0.1) is 4.77 Å². The number of methoxy groups -OCH3 is 1. The Balaban J connectivity index is 2.21. The molecule has 0 aliphatic heterocycles. The highest BCUT2D eigenvalue weighted by Gasteiger charge is 2.12. The fourth-order valence-corrected chi connectivity index (χ4v) is 2.88. The topological polar surface area (TPSA) is 64.1 Å². The number of aromatic nitrogens is 3. The van der Waals surface area contributed by atoms with Crippen LogP contribution in [0.1, 0.15) is 25.2 Å². The van der Waals surface area contributed by atoms with Gasteiger partial charge in [-0.05, 0) is 52.8 Å². The Morgan fingerprint density at radius 3 is 2.82 bits per heavy atom. The van der Waals surface area contributed by atoms with Crippen LogP contribution in [0.4, 0.5) is 0 Å². The largest absolute Gasteiger partial charge is 0.493 e. The standard InChI is InChI=1S/C14H19BrN4O2S/c1-4-12-17-18-14(22)19(12)16-8-9-6-10(15)13(21-5-2)11(7-9)20-3/h6-7,16H,4-5,8H2,1-3H3,(H,18,22). The van der Waals surface area contributed by atoms with Crippen LogP contribution >= 0.6 is 28.1 Å². The second-order valence-corrected chi connectivity index (χ2v) is 5.75. The van der Waals surface area contributed by atoms with Crippen LogP contribution in [-0.4, -0.2) is 28.6 Å². The Bertz CT molecular complexity index is 699. The van der Waals surface area contributed by atoms with Crippen molar-refractivity contribution in [3.63, 3.8) is 0 Å². The number of aromatic amines is 1. The molecule has 0 aliphatic carbocycles. The van der Waals surface area contributed by atoms with Gasteiger partial charge in [0, 0.05) is 6.42 Å². The zero-order chi connectivity index (χ0) is 16.1. The summed E-state index contributed by atoms with van der Waals surface area (Å²) in [6.45, 7) is 5.13. The zero-order valence-corrected chi connectivity index (χ0v) is 15.2. The predicted molar refractivity (Wildman–Crippen MR) is 91.7 cm³/mol. The minimum absolute atomic E-state index is 0.550. The van der Waals surface area contributed by atoms with Gasteiger partial charge in [0.05, 0.1) is 24.7 Å². The van der Waals surface area contributed by atoms with E-state index in [4.69, 9.17) is 21.7 Å². The Morgan fingerprint density at radius 1 is 1.41 bits per heavy atom. The molecule has 0 spiro atoms. The number of nitrogens with zero attached hydrogens (tertiary/aromatic N) is 2. The second kappa shape index (κ2) is 7.64. The summed E-state index contributed by atoms with van der Waals surface area (Å²) in [5.41, 5.74) is 4.30. The fraction of sp³-hybridized carbons (Fsp3) is 0.429. The molecule has 1 aromatic heterocycles.